The van der Waals surface area contributed by atoms with Gasteiger partial charge < -0.3 is 10.4 Å². The van der Waals surface area contributed by atoms with Gasteiger partial charge in [-0.2, -0.15) is 0 Å². The molecule has 0 radical (unpaired) electrons. The number of carbonyl (C=O) groups excluding carboxylic acids is 1. The van der Waals surface area contributed by atoms with Crippen molar-refractivity contribution >= 4 is 23.2 Å². The number of hydrogen-bond donors (Lipinski definition) is 2. The Morgan fingerprint density at radius 2 is 1.67 bits per heavy atom. The quantitative estimate of drug-likeness (QED) is 0.715. The molecule has 0 fully saturated rings. The summed E-state index contributed by atoms with van der Waals surface area (Å²) < 4.78 is 0. The first-order valence-electron chi connectivity index (χ1n) is 8.67. The second-order valence-corrected chi connectivity index (χ2v) is 7.60. The van der Waals surface area contributed by atoms with Crippen LogP contribution in [0.25, 0.3) is 10.6 Å². The largest absolute Gasteiger partial charge is 0.479 e. The number of rotatable bonds is 5. The molecule has 1 heterocycles. The van der Waals surface area contributed by atoms with Gasteiger partial charge in [0.05, 0.1) is 12.1 Å². The average molecular weight is 378 g/mol. The highest BCUT2D eigenvalue weighted by atomic mass is 32.1. The van der Waals surface area contributed by atoms with Crippen molar-refractivity contribution in [3.8, 4) is 10.6 Å². The molecule has 27 heavy (non-hydrogen) atoms. The predicted molar refractivity (Wildman–Crippen MR) is 104 cm³/mol. The molecule has 2 aromatic carbocycles. The zero-order chi connectivity index (χ0) is 18.9. The lowest BCUT2D eigenvalue weighted by Crippen LogP contribution is -2.55. The monoisotopic (exact) mass is 378 g/mol. The van der Waals surface area contributed by atoms with Crippen molar-refractivity contribution in [2.24, 2.45) is 0 Å². The lowest BCUT2D eigenvalue weighted by Gasteiger charge is -2.25. The highest BCUT2D eigenvalue weighted by Crippen LogP contribution is 2.30. The Morgan fingerprint density at radius 1 is 1.04 bits per heavy atom. The topological polar surface area (TPSA) is 79.3 Å². The van der Waals surface area contributed by atoms with E-state index in [-0.39, 0.29) is 12.3 Å². The maximum atomic E-state index is 12.6. The Morgan fingerprint density at radius 3 is 2.30 bits per heavy atom. The Kier molecular flexibility index (Phi) is 4.49. The molecule has 1 aliphatic carbocycles. The van der Waals surface area contributed by atoms with Crippen LogP contribution in [0.15, 0.2) is 60.0 Å². The molecule has 2 N–H and O–H groups in total. The number of fused-ring (bicyclic) bond motifs is 1. The minimum absolute atomic E-state index is 0.0642. The van der Waals surface area contributed by atoms with Gasteiger partial charge in [-0.25, -0.2) is 9.78 Å². The number of nitrogens with one attached hydrogen (secondary N) is 1. The number of carbonyl (C=O) groups is 2. The number of thiazole rings is 1. The first-order valence-corrected chi connectivity index (χ1v) is 9.55. The minimum atomic E-state index is -1.28. The number of carboxylic acids is 1. The van der Waals surface area contributed by atoms with E-state index >= 15 is 0 Å². The summed E-state index contributed by atoms with van der Waals surface area (Å²) in [6.45, 7) is 0. The van der Waals surface area contributed by atoms with Crippen molar-refractivity contribution in [3.63, 3.8) is 0 Å². The molecule has 0 spiro atoms. The third kappa shape index (κ3) is 3.48. The fourth-order valence-electron chi connectivity index (χ4n) is 3.49. The molecule has 0 saturated carbocycles. The van der Waals surface area contributed by atoms with Crippen LogP contribution < -0.4 is 5.32 Å². The smallest absolute Gasteiger partial charge is 0.330 e. The van der Waals surface area contributed by atoms with E-state index in [1.54, 1.807) is 0 Å². The van der Waals surface area contributed by atoms with Crippen molar-refractivity contribution in [2.45, 2.75) is 24.8 Å². The molecule has 0 atom stereocenters. The van der Waals surface area contributed by atoms with E-state index in [1.807, 2.05) is 60.0 Å². The van der Waals surface area contributed by atoms with Crippen molar-refractivity contribution in [1.29, 1.82) is 0 Å². The summed E-state index contributed by atoms with van der Waals surface area (Å²) in [5.74, 6) is -1.33. The number of carboxylic acid groups (broad SMARTS) is 1. The summed E-state index contributed by atoms with van der Waals surface area (Å²) in [6, 6.07) is 17.4. The predicted octanol–water partition coefficient (Wildman–Crippen LogP) is 3.09. The van der Waals surface area contributed by atoms with Gasteiger partial charge in [0, 0.05) is 23.8 Å². The van der Waals surface area contributed by atoms with Crippen molar-refractivity contribution in [1.82, 2.24) is 10.3 Å². The SMILES string of the molecule is O=C(Cc1csc(-c2ccccc2)n1)NC1(C(=O)O)Cc2ccccc2C1. The first-order chi connectivity index (χ1) is 13.1. The maximum absolute atomic E-state index is 12.6. The van der Waals surface area contributed by atoms with E-state index < -0.39 is 11.5 Å². The molecule has 1 amide bonds. The van der Waals surface area contributed by atoms with E-state index in [0.29, 0.717) is 18.5 Å². The van der Waals surface area contributed by atoms with E-state index in [1.165, 1.54) is 11.3 Å². The van der Waals surface area contributed by atoms with Crippen LogP contribution in [0.1, 0.15) is 16.8 Å². The second kappa shape index (κ2) is 6.96. The molecule has 0 aliphatic heterocycles. The Balaban J connectivity index is 1.48. The van der Waals surface area contributed by atoms with E-state index in [4.69, 9.17) is 0 Å². The molecule has 0 bridgehead atoms. The number of aliphatic carboxylic acids is 1. The van der Waals surface area contributed by atoms with Gasteiger partial charge in [-0.15, -0.1) is 11.3 Å². The van der Waals surface area contributed by atoms with Crippen LogP contribution in [-0.2, 0) is 28.9 Å². The summed E-state index contributed by atoms with van der Waals surface area (Å²) in [5.41, 5.74) is 2.31. The van der Waals surface area contributed by atoms with E-state index in [9.17, 15) is 14.7 Å². The first kappa shape index (κ1) is 17.4. The molecule has 3 aromatic rings. The number of hydrogen-bond acceptors (Lipinski definition) is 4. The Hall–Kier alpha value is -2.99. The van der Waals surface area contributed by atoms with E-state index in [0.717, 1.165) is 21.7 Å². The zero-order valence-corrected chi connectivity index (χ0v) is 15.3. The molecule has 136 valence electrons. The molecular formula is C21H18N2O3S. The molecule has 1 aliphatic rings. The van der Waals surface area contributed by atoms with Gasteiger partial charge >= 0.3 is 5.97 Å². The van der Waals surface area contributed by atoms with Crippen LogP contribution in [0.4, 0.5) is 0 Å². The van der Waals surface area contributed by atoms with Crippen molar-refractivity contribution < 1.29 is 14.7 Å². The number of aromatic nitrogens is 1. The molecular weight excluding hydrogens is 360 g/mol. The summed E-state index contributed by atoms with van der Waals surface area (Å²) in [5, 5.41) is 15.2. The highest BCUT2D eigenvalue weighted by Gasteiger charge is 2.45. The van der Waals surface area contributed by atoms with E-state index in [2.05, 4.69) is 10.3 Å². The third-order valence-corrected chi connectivity index (χ3v) is 5.75. The molecule has 6 heteroatoms. The molecule has 4 rings (SSSR count). The summed E-state index contributed by atoms with van der Waals surface area (Å²) >= 11 is 1.48. The molecule has 1 aromatic heterocycles. The highest BCUT2D eigenvalue weighted by molar-refractivity contribution is 7.13. The van der Waals surface area contributed by atoms with Crippen LogP contribution in [0, 0.1) is 0 Å². The van der Waals surface area contributed by atoms with Crippen LogP contribution in [0.2, 0.25) is 0 Å². The fourth-order valence-corrected chi connectivity index (χ4v) is 4.31. The van der Waals surface area contributed by atoms with Crippen molar-refractivity contribution in [3.05, 3.63) is 76.8 Å². The Bertz CT molecular complexity index is 972. The zero-order valence-electron chi connectivity index (χ0n) is 14.5. The summed E-state index contributed by atoms with van der Waals surface area (Å²) in [4.78, 5) is 29.0. The molecule has 0 saturated heterocycles. The number of benzene rings is 2. The standard InChI is InChI=1S/C21H18N2O3S/c24-18(10-17-13-27-19(22-17)14-6-2-1-3-7-14)23-21(20(25)26)11-15-8-4-5-9-16(15)12-21/h1-9,13H,10-12H2,(H,23,24)(H,25,26). The van der Waals surface area contributed by atoms with Crippen molar-refractivity contribution in [2.75, 3.05) is 0 Å². The van der Waals surface area contributed by atoms with Crippen LogP contribution >= 0.6 is 11.3 Å². The van der Waals surface area contributed by atoms with Crippen LogP contribution in [0.5, 0.6) is 0 Å². The van der Waals surface area contributed by atoms with Gasteiger partial charge in [0.25, 0.3) is 0 Å². The second-order valence-electron chi connectivity index (χ2n) is 6.74. The number of amides is 1. The normalized spacial score (nSPS) is 14.5. The van der Waals surface area contributed by atoms with Gasteiger partial charge in [0.1, 0.15) is 10.5 Å². The minimum Gasteiger partial charge on any atom is -0.479 e. The lowest BCUT2D eigenvalue weighted by molar-refractivity contribution is -0.147. The lowest BCUT2D eigenvalue weighted by atomic mass is 9.95. The molecule has 0 unspecified atom stereocenters. The Labute approximate surface area is 160 Å². The van der Waals surface area contributed by atoms with Gasteiger partial charge in [0.15, 0.2) is 0 Å². The maximum Gasteiger partial charge on any atom is 0.330 e. The summed E-state index contributed by atoms with van der Waals surface area (Å²) in [6.07, 6.45) is 0.669. The van der Waals surface area contributed by atoms with Gasteiger partial charge in [-0.05, 0) is 11.1 Å². The molecule has 5 nitrogen and oxygen atoms in total. The fraction of sp³-hybridized carbons (Fsp3) is 0.190. The van der Waals surface area contributed by atoms with Crippen LogP contribution in [-0.4, -0.2) is 27.5 Å². The average Bonchev–Trinajstić information content (AvgIpc) is 3.27. The van der Waals surface area contributed by atoms with Gasteiger partial charge in [0.2, 0.25) is 5.91 Å². The van der Waals surface area contributed by atoms with Gasteiger partial charge in [-0.1, -0.05) is 54.6 Å². The summed E-state index contributed by atoms with van der Waals surface area (Å²) in [7, 11) is 0. The third-order valence-electron chi connectivity index (χ3n) is 4.81. The van der Waals surface area contributed by atoms with Crippen LogP contribution in [0.3, 0.4) is 0 Å². The van der Waals surface area contributed by atoms with Gasteiger partial charge in [-0.3, -0.25) is 4.79 Å². The number of nitrogens with zero attached hydrogens (tertiary/aromatic N) is 1.